The molecule has 0 saturated carbocycles. The Bertz CT molecular complexity index is 1360. The predicted molar refractivity (Wildman–Crippen MR) is 162 cm³/mol. The molecule has 0 bridgehead atoms. The first-order chi connectivity index (χ1) is 20.7. The van der Waals surface area contributed by atoms with Crippen molar-refractivity contribution < 1.29 is 28.2 Å². The number of aliphatic hydroxyl groups is 1. The lowest BCUT2D eigenvalue weighted by atomic mass is 9.94. The number of ether oxygens (including phenoxy) is 1. The Labute approximate surface area is 252 Å². The van der Waals surface area contributed by atoms with Crippen molar-refractivity contribution in [2.45, 2.75) is 70.7 Å². The summed E-state index contributed by atoms with van der Waals surface area (Å²) in [5, 5.41) is 17.7. The fourth-order valence-corrected chi connectivity index (χ4v) is 5.62. The van der Waals surface area contributed by atoms with Gasteiger partial charge >= 0.3 is 0 Å². The first-order valence-corrected chi connectivity index (χ1v) is 15.0. The second-order valence-electron chi connectivity index (χ2n) is 11.2. The van der Waals surface area contributed by atoms with Crippen molar-refractivity contribution in [1.82, 2.24) is 15.5 Å². The third-order valence-electron chi connectivity index (χ3n) is 7.55. The van der Waals surface area contributed by atoms with E-state index < -0.39 is 35.7 Å². The van der Waals surface area contributed by atoms with Crippen LogP contribution in [0.25, 0.3) is 0 Å². The SMILES string of the molecule is CCCN(CCC)C(=O)c1cc(C)cc(C(=O)N[C@@H](Cc2cc(F)cc(F)c2)[C@H](O)[C@H]2C[C@H](Oc3ccccc3)CN2)c1. The maximum Gasteiger partial charge on any atom is 0.253 e. The monoisotopic (exact) mass is 593 g/mol. The molecular weight excluding hydrogens is 552 g/mol. The van der Waals surface area contributed by atoms with Crippen LogP contribution >= 0.6 is 0 Å². The zero-order chi connectivity index (χ0) is 30.9. The number of aliphatic hydroxyl groups excluding tert-OH is 1. The van der Waals surface area contributed by atoms with Gasteiger partial charge in [-0.3, -0.25) is 9.59 Å². The molecule has 0 spiro atoms. The Morgan fingerprint density at radius 2 is 1.65 bits per heavy atom. The summed E-state index contributed by atoms with van der Waals surface area (Å²) < 4.78 is 34.1. The van der Waals surface area contributed by atoms with Gasteiger partial charge in [-0.25, -0.2) is 8.78 Å². The smallest absolute Gasteiger partial charge is 0.253 e. The van der Waals surface area contributed by atoms with Gasteiger partial charge in [0.2, 0.25) is 0 Å². The van der Waals surface area contributed by atoms with Gasteiger partial charge in [0.25, 0.3) is 11.8 Å². The average molecular weight is 594 g/mol. The number of carbonyl (C=O) groups is 2. The van der Waals surface area contributed by atoms with Gasteiger partial charge in [-0.2, -0.15) is 0 Å². The van der Waals surface area contributed by atoms with E-state index in [0.717, 1.165) is 24.5 Å². The van der Waals surface area contributed by atoms with E-state index in [1.807, 2.05) is 51.1 Å². The number of halogens is 2. The number of benzene rings is 3. The number of amides is 2. The van der Waals surface area contributed by atoms with Gasteiger partial charge in [0, 0.05) is 49.3 Å². The quantitative estimate of drug-likeness (QED) is 0.258. The molecule has 1 saturated heterocycles. The van der Waals surface area contributed by atoms with Crippen molar-refractivity contribution in [3.8, 4) is 5.75 Å². The Morgan fingerprint density at radius 3 is 2.30 bits per heavy atom. The first-order valence-electron chi connectivity index (χ1n) is 15.0. The van der Waals surface area contributed by atoms with Crippen LogP contribution in [0.3, 0.4) is 0 Å². The predicted octanol–water partition coefficient (Wildman–Crippen LogP) is 5.05. The first kappa shape index (κ1) is 32.1. The molecule has 43 heavy (non-hydrogen) atoms. The molecular formula is C34H41F2N3O4. The molecule has 4 rings (SSSR count). The summed E-state index contributed by atoms with van der Waals surface area (Å²) in [7, 11) is 0. The Hall–Kier alpha value is -3.82. The molecule has 2 amide bonds. The summed E-state index contributed by atoms with van der Waals surface area (Å²) in [5.41, 5.74) is 1.72. The van der Waals surface area contributed by atoms with Gasteiger partial charge < -0.3 is 25.4 Å². The standard InChI is InChI=1S/C34H41F2N3O4/c1-4-11-39(12-5-2)34(42)25-14-22(3)13-24(18-25)33(41)38-31(17-23-15-26(35)19-27(36)16-23)32(40)30-20-29(21-37-30)43-28-9-7-6-8-10-28/h6-10,13-16,18-19,29-32,37,40H,4-5,11-12,17,20-21H2,1-3H3,(H,38,41)/t29-,30+,31-,32+/m0/s1. The van der Waals surface area contributed by atoms with E-state index in [0.29, 0.717) is 42.9 Å². The van der Waals surface area contributed by atoms with Crippen molar-refractivity contribution >= 4 is 11.8 Å². The largest absolute Gasteiger partial charge is 0.489 e. The molecule has 3 N–H and O–H groups in total. The van der Waals surface area contributed by atoms with Crippen LogP contribution in [-0.4, -0.2) is 65.7 Å². The molecule has 3 aromatic carbocycles. The summed E-state index contributed by atoms with van der Waals surface area (Å²) >= 11 is 0. The van der Waals surface area contributed by atoms with E-state index in [1.165, 1.54) is 12.1 Å². The molecule has 230 valence electrons. The van der Waals surface area contributed by atoms with Crippen LogP contribution in [0.5, 0.6) is 5.75 Å². The second-order valence-corrected chi connectivity index (χ2v) is 11.2. The number of hydrogen-bond acceptors (Lipinski definition) is 5. The molecule has 0 aliphatic carbocycles. The maximum atomic E-state index is 14.1. The maximum absolute atomic E-state index is 14.1. The van der Waals surface area contributed by atoms with E-state index in [1.54, 1.807) is 23.1 Å². The molecule has 1 fully saturated rings. The summed E-state index contributed by atoms with van der Waals surface area (Å²) in [4.78, 5) is 28.7. The van der Waals surface area contributed by atoms with E-state index in [9.17, 15) is 23.5 Å². The zero-order valence-corrected chi connectivity index (χ0v) is 25.0. The van der Waals surface area contributed by atoms with Crippen LogP contribution in [0.4, 0.5) is 8.78 Å². The number of para-hydroxylation sites is 1. The molecule has 7 nitrogen and oxygen atoms in total. The number of nitrogens with one attached hydrogen (secondary N) is 2. The summed E-state index contributed by atoms with van der Waals surface area (Å²) in [6.45, 7) is 7.55. The molecule has 4 atom stereocenters. The van der Waals surface area contributed by atoms with Crippen LogP contribution in [0.1, 0.15) is 65.0 Å². The van der Waals surface area contributed by atoms with Crippen LogP contribution < -0.4 is 15.4 Å². The summed E-state index contributed by atoms with van der Waals surface area (Å²) in [6.07, 6.45) is 0.783. The number of hydrogen-bond donors (Lipinski definition) is 3. The molecule has 1 heterocycles. The highest BCUT2D eigenvalue weighted by Gasteiger charge is 2.36. The number of aryl methyl sites for hydroxylation is 1. The lowest BCUT2D eigenvalue weighted by Gasteiger charge is -2.29. The van der Waals surface area contributed by atoms with Crippen molar-refractivity contribution in [3.63, 3.8) is 0 Å². The van der Waals surface area contributed by atoms with Crippen molar-refractivity contribution in [3.05, 3.63) is 101 Å². The van der Waals surface area contributed by atoms with Gasteiger partial charge in [-0.05, 0) is 79.8 Å². The van der Waals surface area contributed by atoms with Gasteiger partial charge in [0.1, 0.15) is 23.5 Å². The lowest BCUT2D eigenvalue weighted by molar-refractivity contribution is 0.0719. The third-order valence-corrected chi connectivity index (χ3v) is 7.55. The highest BCUT2D eigenvalue weighted by atomic mass is 19.1. The molecule has 0 radical (unpaired) electrons. The summed E-state index contributed by atoms with van der Waals surface area (Å²) in [5.74, 6) is -1.41. The topological polar surface area (TPSA) is 90.9 Å². The third kappa shape index (κ3) is 8.84. The highest BCUT2D eigenvalue weighted by molar-refractivity contribution is 6.00. The molecule has 3 aromatic rings. The Balaban J connectivity index is 1.55. The van der Waals surface area contributed by atoms with Gasteiger partial charge in [0.15, 0.2) is 0 Å². The fourth-order valence-electron chi connectivity index (χ4n) is 5.62. The van der Waals surface area contributed by atoms with E-state index in [-0.39, 0.29) is 24.0 Å². The van der Waals surface area contributed by atoms with Gasteiger partial charge in [0.05, 0.1) is 12.1 Å². The molecule has 0 aromatic heterocycles. The highest BCUT2D eigenvalue weighted by Crippen LogP contribution is 2.22. The van der Waals surface area contributed by atoms with Crippen LogP contribution in [-0.2, 0) is 6.42 Å². The number of rotatable bonds is 13. The average Bonchev–Trinajstić information content (AvgIpc) is 3.44. The number of nitrogens with zero attached hydrogens (tertiary/aromatic N) is 1. The van der Waals surface area contributed by atoms with E-state index >= 15 is 0 Å². The van der Waals surface area contributed by atoms with Gasteiger partial charge in [-0.1, -0.05) is 32.0 Å². The zero-order valence-electron chi connectivity index (χ0n) is 25.0. The van der Waals surface area contributed by atoms with Crippen molar-refractivity contribution in [2.75, 3.05) is 19.6 Å². The minimum Gasteiger partial charge on any atom is -0.489 e. The normalized spacial score (nSPS) is 17.7. The van der Waals surface area contributed by atoms with Crippen LogP contribution in [0.15, 0.2) is 66.7 Å². The summed E-state index contributed by atoms with van der Waals surface area (Å²) in [6, 6.07) is 16.2. The number of carbonyl (C=O) groups excluding carboxylic acids is 2. The molecule has 9 heteroatoms. The van der Waals surface area contributed by atoms with Crippen molar-refractivity contribution in [2.24, 2.45) is 0 Å². The minimum atomic E-state index is -1.10. The van der Waals surface area contributed by atoms with E-state index in [2.05, 4.69) is 10.6 Å². The molecule has 1 aliphatic rings. The van der Waals surface area contributed by atoms with Crippen LogP contribution in [0.2, 0.25) is 0 Å². The molecule has 0 unspecified atom stereocenters. The minimum absolute atomic E-state index is 0.0116. The van der Waals surface area contributed by atoms with Gasteiger partial charge in [-0.15, -0.1) is 0 Å². The Morgan fingerprint density at radius 1 is 1.00 bits per heavy atom. The van der Waals surface area contributed by atoms with Crippen molar-refractivity contribution in [1.29, 1.82) is 0 Å². The molecule has 1 aliphatic heterocycles. The fraction of sp³-hybridized carbons (Fsp3) is 0.412. The lowest BCUT2D eigenvalue weighted by Crippen LogP contribution is -2.52. The van der Waals surface area contributed by atoms with Crippen LogP contribution in [0, 0.1) is 18.6 Å². The van der Waals surface area contributed by atoms with E-state index in [4.69, 9.17) is 4.74 Å². The Kier molecular flexibility index (Phi) is 11.3. The second kappa shape index (κ2) is 15.1.